The van der Waals surface area contributed by atoms with Crippen LogP contribution in [0.25, 0.3) is 0 Å². The summed E-state index contributed by atoms with van der Waals surface area (Å²) in [7, 11) is 0. The molecule has 1 nitrogen and oxygen atoms in total. The summed E-state index contributed by atoms with van der Waals surface area (Å²) in [5.74, 6) is 2.68. The van der Waals surface area contributed by atoms with E-state index in [1.807, 2.05) is 0 Å². The summed E-state index contributed by atoms with van der Waals surface area (Å²) < 4.78 is 0. The molecule has 5 rings (SSSR count). The third-order valence-electron chi connectivity index (χ3n) is 9.64. The highest BCUT2D eigenvalue weighted by Gasteiger charge is 2.30. The Morgan fingerprint density at radius 2 is 1.05 bits per heavy atom. The molecular weight excluding hydrogens is 484 g/mol. The molecule has 0 saturated carbocycles. The van der Waals surface area contributed by atoms with Gasteiger partial charge in [0, 0.05) is 28.9 Å². The molecule has 0 spiro atoms. The van der Waals surface area contributed by atoms with Crippen LogP contribution in [0, 0.1) is 11.8 Å². The van der Waals surface area contributed by atoms with Crippen molar-refractivity contribution in [3.05, 3.63) is 148 Å². The number of allylic oxidation sites excluding steroid dienone is 2. The van der Waals surface area contributed by atoms with Gasteiger partial charge in [-0.2, -0.15) is 0 Å². The van der Waals surface area contributed by atoms with Gasteiger partial charge in [-0.1, -0.05) is 149 Å². The minimum Gasteiger partial charge on any atom is -0.507 e. The van der Waals surface area contributed by atoms with Gasteiger partial charge in [0.2, 0.25) is 0 Å². The molecule has 0 fully saturated rings. The van der Waals surface area contributed by atoms with Crippen LogP contribution in [0.5, 0.6) is 5.75 Å². The van der Waals surface area contributed by atoms with Crippen molar-refractivity contribution >= 4 is 0 Å². The van der Waals surface area contributed by atoms with Crippen molar-refractivity contribution in [1.29, 1.82) is 0 Å². The molecule has 4 aromatic carbocycles. The Hall–Kier alpha value is -3.58. The highest BCUT2D eigenvalue weighted by atomic mass is 16.3. The van der Waals surface area contributed by atoms with Crippen molar-refractivity contribution in [3.8, 4) is 5.75 Å². The first-order valence-corrected chi connectivity index (χ1v) is 15.1. The molecule has 6 unspecified atom stereocenters. The fourth-order valence-electron chi connectivity index (χ4n) is 6.86. The molecule has 4 aromatic rings. The Bertz CT molecular complexity index is 1350. The van der Waals surface area contributed by atoms with E-state index < -0.39 is 0 Å². The summed E-state index contributed by atoms with van der Waals surface area (Å²) in [5.41, 5.74) is 8.79. The van der Waals surface area contributed by atoms with E-state index in [0.29, 0.717) is 29.4 Å². The second kappa shape index (κ2) is 12.3. The Morgan fingerprint density at radius 1 is 0.600 bits per heavy atom. The Kier molecular flexibility index (Phi) is 8.60. The molecule has 1 N–H and O–H groups in total. The van der Waals surface area contributed by atoms with Crippen LogP contribution < -0.4 is 0 Å². The third kappa shape index (κ3) is 5.80. The summed E-state index contributed by atoms with van der Waals surface area (Å²) in [5, 5.41) is 11.7. The molecule has 0 heterocycles. The van der Waals surface area contributed by atoms with E-state index in [1.165, 1.54) is 28.7 Å². The lowest BCUT2D eigenvalue weighted by molar-refractivity contribution is 0.344. The highest BCUT2D eigenvalue weighted by Crippen LogP contribution is 2.46. The van der Waals surface area contributed by atoms with E-state index in [4.69, 9.17) is 0 Å². The SMILES string of the molecule is CC1CC(C(C)c2ccccc2)CC=C1C(C)c1cc(C(C)c2ccccc2)c(O)c(C(C)c2ccccc2)c1. The van der Waals surface area contributed by atoms with Crippen LogP contribution in [0.2, 0.25) is 0 Å². The van der Waals surface area contributed by atoms with Gasteiger partial charge in [-0.15, -0.1) is 0 Å². The molecule has 1 heteroatoms. The van der Waals surface area contributed by atoms with Crippen molar-refractivity contribution in [2.45, 2.75) is 71.1 Å². The second-order valence-corrected chi connectivity index (χ2v) is 12.1. The first-order chi connectivity index (χ1) is 19.3. The lowest BCUT2D eigenvalue weighted by Crippen LogP contribution is -2.21. The number of hydrogen-bond acceptors (Lipinski definition) is 1. The van der Waals surface area contributed by atoms with Crippen molar-refractivity contribution in [3.63, 3.8) is 0 Å². The van der Waals surface area contributed by atoms with Crippen LogP contribution in [0.1, 0.15) is 105 Å². The van der Waals surface area contributed by atoms with E-state index in [0.717, 1.165) is 17.5 Å². The van der Waals surface area contributed by atoms with E-state index in [2.05, 4.69) is 144 Å². The standard InChI is InChI=1S/C39H44O/c1-26-23-34(27(2)31-15-9-6-10-16-31)21-22-36(26)30(5)35-24-37(28(3)32-17-11-7-12-18-32)39(40)38(25-35)29(4)33-19-13-8-14-20-33/h6-20,22,24-30,34,40H,21,23H2,1-5H3. The summed E-state index contributed by atoms with van der Waals surface area (Å²) in [6, 6.07) is 36.7. The molecular formula is C39H44O. The predicted molar refractivity (Wildman–Crippen MR) is 169 cm³/mol. The van der Waals surface area contributed by atoms with E-state index in [1.54, 1.807) is 5.57 Å². The van der Waals surface area contributed by atoms with Crippen molar-refractivity contribution in [2.24, 2.45) is 11.8 Å². The van der Waals surface area contributed by atoms with Crippen LogP contribution in [0.15, 0.2) is 115 Å². The fraction of sp³-hybridized carbons (Fsp3) is 0.333. The minimum absolute atomic E-state index is 0.101. The van der Waals surface area contributed by atoms with Gasteiger partial charge in [-0.05, 0) is 52.8 Å². The first-order valence-electron chi connectivity index (χ1n) is 15.1. The molecule has 40 heavy (non-hydrogen) atoms. The number of aromatic hydroxyl groups is 1. The minimum atomic E-state index is 0.101. The normalized spacial score (nSPS) is 20.3. The van der Waals surface area contributed by atoms with Gasteiger partial charge in [-0.25, -0.2) is 0 Å². The van der Waals surface area contributed by atoms with Crippen LogP contribution in [-0.2, 0) is 0 Å². The lowest BCUT2D eigenvalue weighted by Gasteiger charge is -2.35. The van der Waals surface area contributed by atoms with Gasteiger partial charge in [0.05, 0.1) is 0 Å². The molecule has 0 aromatic heterocycles. The molecule has 0 bridgehead atoms. The third-order valence-corrected chi connectivity index (χ3v) is 9.64. The quantitative estimate of drug-likeness (QED) is 0.226. The first kappa shape index (κ1) is 28.0. The summed E-state index contributed by atoms with van der Waals surface area (Å²) in [6.45, 7) is 11.6. The maximum Gasteiger partial charge on any atom is 0.123 e. The molecule has 1 aliphatic carbocycles. The summed E-state index contributed by atoms with van der Waals surface area (Å²) >= 11 is 0. The van der Waals surface area contributed by atoms with Gasteiger partial charge in [-0.3, -0.25) is 0 Å². The van der Waals surface area contributed by atoms with E-state index in [9.17, 15) is 5.11 Å². The van der Waals surface area contributed by atoms with E-state index in [-0.39, 0.29) is 11.8 Å². The molecule has 0 aliphatic heterocycles. The topological polar surface area (TPSA) is 20.2 Å². The monoisotopic (exact) mass is 528 g/mol. The van der Waals surface area contributed by atoms with Gasteiger partial charge < -0.3 is 5.11 Å². The molecule has 206 valence electrons. The zero-order valence-electron chi connectivity index (χ0n) is 24.7. The van der Waals surface area contributed by atoms with Crippen LogP contribution in [0.4, 0.5) is 0 Å². The molecule has 1 aliphatic rings. The van der Waals surface area contributed by atoms with Crippen molar-refractivity contribution in [1.82, 2.24) is 0 Å². The predicted octanol–water partition coefficient (Wildman–Crippen LogP) is 10.6. The van der Waals surface area contributed by atoms with Crippen LogP contribution >= 0.6 is 0 Å². The average Bonchev–Trinajstić information content (AvgIpc) is 3.01. The van der Waals surface area contributed by atoms with Crippen LogP contribution in [-0.4, -0.2) is 5.11 Å². The lowest BCUT2D eigenvalue weighted by atomic mass is 9.70. The smallest absolute Gasteiger partial charge is 0.123 e. The number of rotatable bonds is 8. The molecule has 0 saturated heterocycles. The Balaban J connectivity index is 1.51. The van der Waals surface area contributed by atoms with Crippen molar-refractivity contribution in [2.75, 3.05) is 0 Å². The second-order valence-electron chi connectivity index (χ2n) is 12.1. The van der Waals surface area contributed by atoms with Gasteiger partial charge in [0.25, 0.3) is 0 Å². The summed E-state index contributed by atoms with van der Waals surface area (Å²) in [4.78, 5) is 0. The van der Waals surface area contributed by atoms with Gasteiger partial charge >= 0.3 is 0 Å². The molecule has 0 amide bonds. The molecule has 0 radical (unpaired) electrons. The number of hydrogen-bond donors (Lipinski definition) is 1. The zero-order chi connectivity index (χ0) is 28.2. The van der Waals surface area contributed by atoms with Gasteiger partial charge in [0.1, 0.15) is 5.75 Å². The zero-order valence-corrected chi connectivity index (χ0v) is 24.7. The average molecular weight is 529 g/mol. The number of benzene rings is 4. The number of phenols is 1. The Labute approximate surface area is 241 Å². The largest absolute Gasteiger partial charge is 0.507 e. The number of phenolic OH excluding ortho intramolecular Hbond substituents is 1. The molecule has 6 atom stereocenters. The summed E-state index contributed by atoms with van der Waals surface area (Å²) in [6.07, 6.45) is 4.87. The highest BCUT2D eigenvalue weighted by molar-refractivity contribution is 5.53. The maximum atomic E-state index is 11.7. The van der Waals surface area contributed by atoms with E-state index >= 15 is 0 Å². The van der Waals surface area contributed by atoms with Gasteiger partial charge in [0.15, 0.2) is 0 Å². The maximum absolute atomic E-state index is 11.7. The Morgan fingerprint density at radius 3 is 1.50 bits per heavy atom. The van der Waals surface area contributed by atoms with Crippen LogP contribution in [0.3, 0.4) is 0 Å². The van der Waals surface area contributed by atoms with Crippen molar-refractivity contribution < 1.29 is 5.11 Å². The fourth-order valence-corrected chi connectivity index (χ4v) is 6.86.